The minimum absolute atomic E-state index is 0.0518. The van der Waals surface area contributed by atoms with E-state index in [-0.39, 0.29) is 5.56 Å². The Kier molecular flexibility index (Phi) is 3.45. The van der Waals surface area contributed by atoms with Gasteiger partial charge in [0.15, 0.2) is 5.13 Å². The molecule has 0 aromatic carbocycles. The molecule has 6 nitrogen and oxygen atoms in total. The van der Waals surface area contributed by atoms with Crippen molar-refractivity contribution in [3.8, 4) is 0 Å². The van der Waals surface area contributed by atoms with Crippen LogP contribution in [0.4, 0.5) is 5.13 Å². The smallest absolute Gasteiger partial charge is 0.267 e. The lowest BCUT2D eigenvalue weighted by Crippen LogP contribution is -2.49. The average molecular weight is 344 g/mol. The molecule has 0 saturated carbocycles. The van der Waals surface area contributed by atoms with Crippen LogP contribution >= 0.6 is 11.3 Å². The highest BCUT2D eigenvalue weighted by Crippen LogP contribution is 2.33. The molecule has 24 heavy (non-hydrogen) atoms. The molecule has 3 aliphatic rings. The van der Waals surface area contributed by atoms with Crippen LogP contribution in [0.2, 0.25) is 0 Å². The first-order chi connectivity index (χ1) is 11.8. The van der Waals surface area contributed by atoms with Crippen LogP contribution in [0.3, 0.4) is 0 Å². The van der Waals surface area contributed by atoms with Crippen LogP contribution in [-0.2, 0) is 37.2 Å². The number of rotatable bonds is 3. The van der Waals surface area contributed by atoms with Crippen LogP contribution in [0, 0.1) is 5.92 Å². The van der Waals surface area contributed by atoms with E-state index in [1.807, 2.05) is 0 Å². The Balaban J connectivity index is 1.26. The lowest BCUT2D eigenvalue weighted by molar-refractivity contribution is 0.112. The fraction of sp³-hybridized carbons (Fsp3) is 0.588. The average Bonchev–Trinajstić information content (AvgIpc) is 3.15. The topological polar surface area (TPSA) is 60.2 Å². The van der Waals surface area contributed by atoms with Crippen molar-refractivity contribution in [2.45, 2.75) is 38.8 Å². The van der Waals surface area contributed by atoms with Gasteiger partial charge >= 0.3 is 0 Å². The van der Waals surface area contributed by atoms with Crippen LogP contribution in [0.15, 0.2) is 10.9 Å². The van der Waals surface area contributed by atoms with Gasteiger partial charge in [-0.2, -0.15) is 5.10 Å². The summed E-state index contributed by atoms with van der Waals surface area (Å²) in [4.78, 5) is 20.5. The molecule has 0 radical (unpaired) electrons. The second-order valence-electron chi connectivity index (χ2n) is 6.93. The first-order valence-electron chi connectivity index (χ1n) is 8.67. The first-order valence-corrected chi connectivity index (χ1v) is 9.49. The van der Waals surface area contributed by atoms with Gasteiger partial charge in [0, 0.05) is 31.5 Å². The van der Waals surface area contributed by atoms with Gasteiger partial charge < -0.3 is 9.64 Å². The highest BCUT2D eigenvalue weighted by atomic mass is 32.1. The number of hydrogen-bond acceptors (Lipinski definition) is 6. The number of hydrogen-bond donors (Lipinski definition) is 0. The minimum atomic E-state index is 0.0518. The highest BCUT2D eigenvalue weighted by molar-refractivity contribution is 7.15. The second kappa shape index (κ2) is 5.67. The van der Waals surface area contributed by atoms with Crippen molar-refractivity contribution in [1.82, 2.24) is 14.8 Å². The maximum atomic E-state index is 12.2. The summed E-state index contributed by atoms with van der Waals surface area (Å²) in [6.07, 6.45) is 4.08. The predicted octanol–water partition coefficient (Wildman–Crippen LogP) is 1.40. The van der Waals surface area contributed by atoms with Gasteiger partial charge in [-0.3, -0.25) is 4.79 Å². The van der Waals surface area contributed by atoms with Crippen molar-refractivity contribution in [2.75, 3.05) is 24.6 Å². The number of fused-ring (bicyclic) bond motifs is 2. The van der Waals surface area contributed by atoms with Gasteiger partial charge in [-0.05, 0) is 24.8 Å². The normalized spacial score (nSPS) is 19.9. The van der Waals surface area contributed by atoms with E-state index in [4.69, 9.17) is 9.72 Å². The lowest BCUT2D eigenvalue weighted by Gasteiger charge is -2.39. The molecule has 2 aliphatic heterocycles. The Morgan fingerprint density at radius 3 is 3.04 bits per heavy atom. The van der Waals surface area contributed by atoms with Gasteiger partial charge in [-0.1, -0.05) is 11.3 Å². The fourth-order valence-corrected chi connectivity index (χ4v) is 4.87. The second-order valence-corrected chi connectivity index (χ2v) is 7.99. The summed E-state index contributed by atoms with van der Waals surface area (Å²) in [5.41, 5.74) is 3.54. The Bertz CT molecular complexity index is 814. The van der Waals surface area contributed by atoms with Gasteiger partial charge in [0.2, 0.25) is 0 Å². The van der Waals surface area contributed by atoms with Crippen molar-refractivity contribution in [3.05, 3.63) is 38.2 Å². The van der Waals surface area contributed by atoms with Crippen molar-refractivity contribution < 1.29 is 4.74 Å². The predicted molar refractivity (Wildman–Crippen MR) is 91.7 cm³/mol. The molecule has 0 unspecified atom stereocenters. The fourth-order valence-electron chi connectivity index (χ4n) is 3.80. The zero-order valence-electron chi connectivity index (χ0n) is 13.5. The van der Waals surface area contributed by atoms with E-state index in [0.29, 0.717) is 12.5 Å². The van der Waals surface area contributed by atoms with Gasteiger partial charge in [-0.15, -0.1) is 0 Å². The monoisotopic (exact) mass is 344 g/mol. The number of anilines is 1. The Labute approximate surface area is 144 Å². The van der Waals surface area contributed by atoms with E-state index in [1.165, 1.54) is 10.6 Å². The molecular formula is C17H20N4O2S. The number of aromatic nitrogens is 3. The van der Waals surface area contributed by atoms with Crippen LogP contribution in [0.25, 0.3) is 0 Å². The van der Waals surface area contributed by atoms with Gasteiger partial charge in [-0.25, -0.2) is 9.67 Å². The maximum Gasteiger partial charge on any atom is 0.267 e. The largest absolute Gasteiger partial charge is 0.375 e. The summed E-state index contributed by atoms with van der Waals surface area (Å²) in [5, 5.41) is 5.69. The standard InChI is InChI=1S/C17H20N4O2S/c22-16-6-12-2-1-3-13(12)19-21(16)9-11-7-20(8-11)17-18-14-4-5-23-10-15(14)24-17/h6,11H,1-5,7-10H2. The quantitative estimate of drug-likeness (QED) is 0.842. The maximum absolute atomic E-state index is 12.2. The molecule has 7 heteroatoms. The molecular weight excluding hydrogens is 324 g/mol. The zero-order chi connectivity index (χ0) is 16.1. The van der Waals surface area contributed by atoms with E-state index in [2.05, 4.69) is 10.00 Å². The molecule has 0 amide bonds. The lowest BCUT2D eigenvalue weighted by atomic mass is 10.0. The third kappa shape index (κ3) is 2.46. The van der Waals surface area contributed by atoms with Crippen molar-refractivity contribution in [1.29, 1.82) is 0 Å². The van der Waals surface area contributed by atoms with E-state index < -0.39 is 0 Å². The molecule has 126 valence electrons. The summed E-state index contributed by atoms with van der Waals surface area (Å²) < 4.78 is 7.17. The van der Waals surface area contributed by atoms with Crippen LogP contribution in [0.5, 0.6) is 0 Å². The summed E-state index contributed by atoms with van der Waals surface area (Å²) >= 11 is 1.75. The zero-order valence-corrected chi connectivity index (χ0v) is 14.3. The van der Waals surface area contributed by atoms with Crippen molar-refractivity contribution in [2.24, 2.45) is 5.92 Å². The molecule has 2 aromatic rings. The summed E-state index contributed by atoms with van der Waals surface area (Å²) in [5.74, 6) is 0.479. The number of ether oxygens (including phenoxy) is 1. The molecule has 0 spiro atoms. The van der Waals surface area contributed by atoms with Crippen LogP contribution < -0.4 is 10.5 Å². The summed E-state index contributed by atoms with van der Waals surface area (Å²) in [6.45, 7) is 4.12. The van der Waals surface area contributed by atoms with E-state index >= 15 is 0 Å². The van der Waals surface area contributed by atoms with Gasteiger partial charge in [0.25, 0.3) is 5.56 Å². The number of nitrogens with zero attached hydrogens (tertiary/aromatic N) is 4. The molecule has 1 fully saturated rings. The number of thiazole rings is 1. The van der Waals surface area contributed by atoms with Gasteiger partial charge in [0.05, 0.1) is 36.0 Å². The number of aryl methyl sites for hydroxylation is 2. The molecule has 0 bridgehead atoms. The van der Waals surface area contributed by atoms with Gasteiger partial charge in [0.1, 0.15) is 0 Å². The third-order valence-electron chi connectivity index (χ3n) is 5.17. The minimum Gasteiger partial charge on any atom is -0.375 e. The SMILES string of the molecule is O=c1cc2c(nn1CC1CN(c3nc4c(s3)COCC4)C1)CCC2. The van der Waals surface area contributed by atoms with Crippen LogP contribution in [0.1, 0.15) is 28.2 Å². The first kappa shape index (κ1) is 14.6. The Hall–Kier alpha value is -1.73. The third-order valence-corrected chi connectivity index (χ3v) is 6.30. The van der Waals surface area contributed by atoms with E-state index in [9.17, 15) is 4.79 Å². The van der Waals surface area contributed by atoms with Crippen molar-refractivity contribution >= 4 is 16.5 Å². The molecule has 4 heterocycles. The molecule has 5 rings (SSSR count). The highest BCUT2D eigenvalue weighted by Gasteiger charge is 2.31. The van der Waals surface area contributed by atoms with E-state index in [1.54, 1.807) is 22.1 Å². The summed E-state index contributed by atoms with van der Waals surface area (Å²) in [6, 6.07) is 1.79. The molecule has 2 aromatic heterocycles. The molecule has 0 atom stereocenters. The molecule has 1 aliphatic carbocycles. The van der Waals surface area contributed by atoms with Crippen molar-refractivity contribution in [3.63, 3.8) is 0 Å². The van der Waals surface area contributed by atoms with E-state index in [0.717, 1.165) is 68.3 Å². The Morgan fingerprint density at radius 1 is 1.25 bits per heavy atom. The van der Waals surface area contributed by atoms with Crippen LogP contribution in [-0.4, -0.2) is 34.5 Å². The molecule has 0 N–H and O–H groups in total. The molecule has 1 saturated heterocycles. The summed E-state index contributed by atoms with van der Waals surface area (Å²) in [7, 11) is 0. The Morgan fingerprint density at radius 2 is 2.17 bits per heavy atom.